The highest BCUT2D eigenvalue weighted by Gasteiger charge is 2.32. The standard InChI is InChI=1S/C26H36N2O2/c1-4-5-16-28-17-14-23(15-18-28)25(22-10-12-24(30-3)13-11-22)26(29)27-19-21-8-6-20(2)7-9-21/h6-13,23,25H,4-5,14-19H2,1-3H3,(H,27,29). The number of unbranched alkanes of at least 4 members (excludes halogenated alkanes) is 1. The number of benzene rings is 2. The molecule has 0 radical (unpaired) electrons. The first-order valence-corrected chi connectivity index (χ1v) is 11.3. The average molecular weight is 409 g/mol. The number of piperidine rings is 1. The van der Waals surface area contributed by atoms with Crippen molar-refractivity contribution in [2.45, 2.75) is 52.0 Å². The molecular formula is C26H36N2O2. The summed E-state index contributed by atoms with van der Waals surface area (Å²) in [4.78, 5) is 15.9. The number of nitrogens with zero attached hydrogens (tertiary/aromatic N) is 1. The van der Waals surface area contributed by atoms with E-state index in [1.54, 1.807) is 7.11 Å². The summed E-state index contributed by atoms with van der Waals surface area (Å²) in [6, 6.07) is 16.4. The number of hydrogen-bond donors (Lipinski definition) is 1. The molecule has 30 heavy (non-hydrogen) atoms. The first-order valence-electron chi connectivity index (χ1n) is 11.3. The predicted octanol–water partition coefficient (Wildman–Crippen LogP) is 4.92. The molecule has 4 nitrogen and oxygen atoms in total. The topological polar surface area (TPSA) is 41.6 Å². The Morgan fingerprint density at radius 3 is 2.37 bits per heavy atom. The van der Waals surface area contributed by atoms with E-state index in [0.717, 1.165) is 42.8 Å². The zero-order chi connectivity index (χ0) is 21.3. The molecule has 1 amide bonds. The minimum absolute atomic E-state index is 0.116. The summed E-state index contributed by atoms with van der Waals surface area (Å²) in [5, 5.41) is 3.20. The molecule has 1 atom stereocenters. The van der Waals surface area contributed by atoms with E-state index in [1.165, 1.54) is 24.9 Å². The van der Waals surface area contributed by atoms with E-state index in [-0.39, 0.29) is 11.8 Å². The van der Waals surface area contributed by atoms with Crippen molar-refractivity contribution in [2.75, 3.05) is 26.7 Å². The maximum absolute atomic E-state index is 13.3. The number of carbonyl (C=O) groups excluding carboxylic acids is 1. The molecular weight excluding hydrogens is 372 g/mol. The SMILES string of the molecule is CCCCN1CCC(C(C(=O)NCc2ccc(C)cc2)c2ccc(OC)cc2)CC1. The summed E-state index contributed by atoms with van der Waals surface area (Å²) in [6.07, 6.45) is 4.62. The number of aryl methyl sites for hydroxylation is 1. The minimum atomic E-state index is -0.116. The van der Waals surface area contributed by atoms with E-state index in [0.29, 0.717) is 12.5 Å². The second kappa shape index (κ2) is 11.2. The molecule has 1 unspecified atom stereocenters. The summed E-state index contributed by atoms with van der Waals surface area (Å²) >= 11 is 0. The number of likely N-dealkylation sites (tertiary alicyclic amines) is 1. The van der Waals surface area contributed by atoms with Gasteiger partial charge in [0.15, 0.2) is 0 Å². The van der Waals surface area contributed by atoms with Crippen LogP contribution in [0.3, 0.4) is 0 Å². The largest absolute Gasteiger partial charge is 0.497 e. The van der Waals surface area contributed by atoms with E-state index < -0.39 is 0 Å². The van der Waals surface area contributed by atoms with Crippen molar-refractivity contribution >= 4 is 5.91 Å². The van der Waals surface area contributed by atoms with Crippen LogP contribution in [0.15, 0.2) is 48.5 Å². The third-order valence-electron chi connectivity index (χ3n) is 6.28. The van der Waals surface area contributed by atoms with E-state index in [1.807, 2.05) is 12.1 Å². The molecule has 2 aromatic carbocycles. The van der Waals surface area contributed by atoms with Crippen molar-refractivity contribution in [1.29, 1.82) is 0 Å². The maximum Gasteiger partial charge on any atom is 0.228 e. The lowest BCUT2D eigenvalue weighted by molar-refractivity contribution is -0.124. The summed E-state index contributed by atoms with van der Waals surface area (Å²) in [5.74, 6) is 1.21. The Balaban J connectivity index is 1.70. The number of hydrogen-bond acceptors (Lipinski definition) is 3. The molecule has 162 valence electrons. The second-order valence-corrected chi connectivity index (χ2v) is 8.49. The van der Waals surface area contributed by atoms with Crippen molar-refractivity contribution < 1.29 is 9.53 Å². The number of ether oxygens (including phenoxy) is 1. The fourth-order valence-electron chi connectivity index (χ4n) is 4.35. The molecule has 0 spiro atoms. The van der Waals surface area contributed by atoms with Gasteiger partial charge in [-0.1, -0.05) is 55.3 Å². The van der Waals surface area contributed by atoms with Crippen molar-refractivity contribution in [3.8, 4) is 5.75 Å². The van der Waals surface area contributed by atoms with Gasteiger partial charge in [-0.25, -0.2) is 0 Å². The summed E-state index contributed by atoms with van der Waals surface area (Å²) in [6.45, 7) is 8.24. The number of carbonyl (C=O) groups is 1. The van der Waals surface area contributed by atoms with E-state index in [2.05, 4.69) is 60.5 Å². The van der Waals surface area contributed by atoms with Gasteiger partial charge in [0, 0.05) is 6.54 Å². The van der Waals surface area contributed by atoms with Gasteiger partial charge in [-0.2, -0.15) is 0 Å². The van der Waals surface area contributed by atoms with Crippen LogP contribution >= 0.6 is 0 Å². The molecule has 0 bridgehead atoms. The van der Waals surface area contributed by atoms with Crippen molar-refractivity contribution in [1.82, 2.24) is 10.2 Å². The normalized spacial score (nSPS) is 16.2. The predicted molar refractivity (Wildman–Crippen MR) is 123 cm³/mol. The van der Waals surface area contributed by atoms with Gasteiger partial charge >= 0.3 is 0 Å². The molecule has 2 aromatic rings. The lowest BCUT2D eigenvalue weighted by Gasteiger charge is -2.35. The number of rotatable bonds is 9. The quantitative estimate of drug-likeness (QED) is 0.641. The van der Waals surface area contributed by atoms with Crippen LogP contribution in [0.5, 0.6) is 5.75 Å². The van der Waals surface area contributed by atoms with Crippen LogP contribution < -0.4 is 10.1 Å². The molecule has 0 aliphatic carbocycles. The maximum atomic E-state index is 13.3. The van der Waals surface area contributed by atoms with Crippen LogP contribution in [0, 0.1) is 12.8 Å². The minimum Gasteiger partial charge on any atom is -0.497 e. The lowest BCUT2D eigenvalue weighted by atomic mass is 9.79. The molecule has 0 aromatic heterocycles. The van der Waals surface area contributed by atoms with Gasteiger partial charge < -0.3 is 15.0 Å². The highest BCUT2D eigenvalue weighted by atomic mass is 16.5. The molecule has 1 saturated heterocycles. The average Bonchev–Trinajstić information content (AvgIpc) is 2.79. The Morgan fingerprint density at radius 1 is 1.10 bits per heavy atom. The lowest BCUT2D eigenvalue weighted by Crippen LogP contribution is -2.40. The van der Waals surface area contributed by atoms with Crippen molar-refractivity contribution in [3.05, 3.63) is 65.2 Å². The molecule has 0 saturated carbocycles. The van der Waals surface area contributed by atoms with Gasteiger partial charge in [-0.05, 0) is 75.0 Å². The number of nitrogens with one attached hydrogen (secondary N) is 1. The summed E-state index contributed by atoms with van der Waals surface area (Å²) < 4.78 is 5.31. The fraction of sp³-hybridized carbons (Fsp3) is 0.500. The monoisotopic (exact) mass is 408 g/mol. The molecule has 3 rings (SSSR count). The Bertz CT molecular complexity index is 778. The van der Waals surface area contributed by atoms with Gasteiger partial charge in [0.25, 0.3) is 0 Å². The van der Waals surface area contributed by atoms with Gasteiger partial charge in [0.05, 0.1) is 13.0 Å². The van der Waals surface area contributed by atoms with Gasteiger partial charge in [0.1, 0.15) is 5.75 Å². The highest BCUT2D eigenvalue weighted by Crippen LogP contribution is 2.34. The molecule has 1 N–H and O–H groups in total. The molecule has 4 heteroatoms. The van der Waals surface area contributed by atoms with Crippen molar-refractivity contribution in [2.24, 2.45) is 5.92 Å². The second-order valence-electron chi connectivity index (χ2n) is 8.49. The van der Waals surface area contributed by atoms with Crippen LogP contribution in [-0.4, -0.2) is 37.6 Å². The van der Waals surface area contributed by atoms with Gasteiger partial charge in [0.2, 0.25) is 5.91 Å². The van der Waals surface area contributed by atoms with Crippen molar-refractivity contribution in [3.63, 3.8) is 0 Å². The molecule has 1 heterocycles. The van der Waals surface area contributed by atoms with E-state index in [9.17, 15) is 4.79 Å². The molecule has 1 aliphatic rings. The first-order chi connectivity index (χ1) is 14.6. The fourth-order valence-corrected chi connectivity index (χ4v) is 4.35. The third kappa shape index (κ3) is 6.09. The summed E-state index contributed by atoms with van der Waals surface area (Å²) in [7, 11) is 1.67. The zero-order valence-corrected chi connectivity index (χ0v) is 18.7. The molecule has 1 fully saturated rings. The Labute approximate surface area is 181 Å². The summed E-state index contributed by atoms with van der Waals surface area (Å²) in [5.41, 5.74) is 3.46. The highest BCUT2D eigenvalue weighted by molar-refractivity contribution is 5.84. The first kappa shape index (κ1) is 22.4. The van der Waals surface area contributed by atoms with Crippen LogP contribution in [-0.2, 0) is 11.3 Å². The van der Waals surface area contributed by atoms with Crippen LogP contribution in [0.25, 0.3) is 0 Å². The number of amides is 1. The smallest absolute Gasteiger partial charge is 0.228 e. The third-order valence-corrected chi connectivity index (χ3v) is 6.28. The van der Waals surface area contributed by atoms with Crippen LogP contribution in [0.2, 0.25) is 0 Å². The van der Waals surface area contributed by atoms with E-state index >= 15 is 0 Å². The Morgan fingerprint density at radius 2 is 1.77 bits per heavy atom. The van der Waals surface area contributed by atoms with Gasteiger partial charge in [-0.3, -0.25) is 4.79 Å². The Hall–Kier alpha value is -2.33. The van der Waals surface area contributed by atoms with Gasteiger partial charge in [-0.15, -0.1) is 0 Å². The van der Waals surface area contributed by atoms with E-state index in [4.69, 9.17) is 4.74 Å². The van der Waals surface area contributed by atoms with Crippen LogP contribution in [0.1, 0.15) is 55.2 Å². The zero-order valence-electron chi connectivity index (χ0n) is 18.7. The number of methoxy groups -OCH3 is 1. The molecule has 1 aliphatic heterocycles. The van der Waals surface area contributed by atoms with Crippen LogP contribution in [0.4, 0.5) is 0 Å². The Kier molecular flexibility index (Phi) is 8.32.